The van der Waals surface area contributed by atoms with Gasteiger partial charge in [0, 0.05) is 18.3 Å². The maximum atomic E-state index is 8.79. The van der Waals surface area contributed by atoms with E-state index in [-0.39, 0.29) is 0 Å². The van der Waals surface area contributed by atoms with E-state index in [1.54, 1.807) is 0 Å². The number of benzene rings is 1. The third-order valence-corrected chi connectivity index (χ3v) is 4.15. The molecule has 1 saturated heterocycles. The molecule has 2 rings (SSSR count). The summed E-state index contributed by atoms with van der Waals surface area (Å²) in [5, 5.41) is 12.4. The number of nitrogens with one attached hydrogen (secondary N) is 1. The monoisotopic (exact) mass is 232 g/mol. The Bertz CT molecular complexity index is 403. The standard InChI is InChI=1S/C13H16N2S/c1-10-6-11(7-14)2-3-12(10)8-15-13-4-5-16-9-13/h2-3,6,13,15H,4-5,8-9H2,1H3. The van der Waals surface area contributed by atoms with E-state index in [1.165, 1.54) is 29.1 Å². The van der Waals surface area contributed by atoms with Gasteiger partial charge in [0.2, 0.25) is 0 Å². The Kier molecular flexibility index (Phi) is 3.87. The van der Waals surface area contributed by atoms with Crippen LogP contribution in [0.1, 0.15) is 23.1 Å². The highest BCUT2D eigenvalue weighted by Crippen LogP contribution is 2.18. The predicted octanol–water partition coefficient (Wildman–Crippen LogP) is 2.46. The molecule has 0 aromatic heterocycles. The zero-order valence-corrected chi connectivity index (χ0v) is 10.3. The summed E-state index contributed by atoms with van der Waals surface area (Å²) in [6.45, 7) is 2.99. The van der Waals surface area contributed by atoms with Crippen LogP contribution in [0.2, 0.25) is 0 Å². The molecule has 0 aliphatic carbocycles. The summed E-state index contributed by atoms with van der Waals surface area (Å²) < 4.78 is 0. The van der Waals surface area contributed by atoms with Gasteiger partial charge in [0.25, 0.3) is 0 Å². The Hall–Kier alpha value is -0.980. The summed E-state index contributed by atoms with van der Waals surface area (Å²) in [6, 6.07) is 8.75. The van der Waals surface area contributed by atoms with Crippen molar-refractivity contribution < 1.29 is 0 Å². The lowest BCUT2D eigenvalue weighted by Gasteiger charge is -2.12. The third kappa shape index (κ3) is 2.78. The number of nitrogens with zero attached hydrogens (tertiary/aromatic N) is 1. The smallest absolute Gasteiger partial charge is 0.0991 e. The molecule has 0 bridgehead atoms. The molecule has 1 aromatic carbocycles. The Labute approximate surface area is 101 Å². The van der Waals surface area contributed by atoms with Gasteiger partial charge in [0.1, 0.15) is 0 Å². The number of aryl methyl sites for hydroxylation is 1. The first-order valence-electron chi connectivity index (χ1n) is 5.60. The number of hydrogen-bond donors (Lipinski definition) is 1. The molecule has 1 aliphatic rings. The van der Waals surface area contributed by atoms with Gasteiger partial charge < -0.3 is 5.32 Å². The Morgan fingerprint density at radius 1 is 1.56 bits per heavy atom. The van der Waals surface area contributed by atoms with Crippen LogP contribution < -0.4 is 5.32 Å². The van der Waals surface area contributed by atoms with E-state index in [0.717, 1.165) is 12.1 Å². The van der Waals surface area contributed by atoms with Crippen LogP contribution in [-0.2, 0) is 6.54 Å². The van der Waals surface area contributed by atoms with Crippen molar-refractivity contribution in [2.45, 2.75) is 25.9 Å². The molecule has 1 N–H and O–H groups in total. The molecule has 3 heteroatoms. The first-order valence-corrected chi connectivity index (χ1v) is 6.76. The minimum Gasteiger partial charge on any atom is -0.309 e. The Balaban J connectivity index is 1.96. The molecular weight excluding hydrogens is 216 g/mol. The van der Waals surface area contributed by atoms with Crippen LogP contribution in [0.15, 0.2) is 18.2 Å². The van der Waals surface area contributed by atoms with Crippen molar-refractivity contribution >= 4 is 11.8 Å². The molecule has 0 amide bonds. The minimum absolute atomic E-state index is 0.667. The van der Waals surface area contributed by atoms with Crippen molar-refractivity contribution in [1.29, 1.82) is 5.26 Å². The van der Waals surface area contributed by atoms with Crippen molar-refractivity contribution in [1.82, 2.24) is 5.32 Å². The summed E-state index contributed by atoms with van der Waals surface area (Å²) in [5.41, 5.74) is 3.26. The molecule has 1 aromatic rings. The maximum absolute atomic E-state index is 8.79. The highest BCUT2D eigenvalue weighted by molar-refractivity contribution is 7.99. The minimum atomic E-state index is 0.667. The van der Waals surface area contributed by atoms with Crippen molar-refractivity contribution in [3.8, 4) is 6.07 Å². The van der Waals surface area contributed by atoms with Gasteiger partial charge in [-0.1, -0.05) is 6.07 Å². The Morgan fingerprint density at radius 2 is 2.44 bits per heavy atom. The first-order chi connectivity index (χ1) is 7.79. The van der Waals surface area contributed by atoms with E-state index in [4.69, 9.17) is 5.26 Å². The molecule has 1 aliphatic heterocycles. The first kappa shape index (κ1) is 11.5. The molecule has 84 valence electrons. The van der Waals surface area contributed by atoms with E-state index in [1.807, 2.05) is 23.9 Å². The van der Waals surface area contributed by atoms with Gasteiger partial charge in [-0.25, -0.2) is 0 Å². The van der Waals surface area contributed by atoms with E-state index in [9.17, 15) is 0 Å². The second-order valence-corrected chi connectivity index (χ2v) is 5.34. The summed E-state index contributed by atoms with van der Waals surface area (Å²) in [4.78, 5) is 0. The highest BCUT2D eigenvalue weighted by atomic mass is 32.2. The predicted molar refractivity (Wildman–Crippen MR) is 68.5 cm³/mol. The number of thioether (sulfide) groups is 1. The van der Waals surface area contributed by atoms with E-state index < -0.39 is 0 Å². The van der Waals surface area contributed by atoms with Gasteiger partial charge in [0.15, 0.2) is 0 Å². The van der Waals surface area contributed by atoms with Gasteiger partial charge in [-0.15, -0.1) is 0 Å². The molecule has 16 heavy (non-hydrogen) atoms. The summed E-state index contributed by atoms with van der Waals surface area (Å²) in [7, 11) is 0. The van der Waals surface area contributed by atoms with Gasteiger partial charge in [0.05, 0.1) is 11.6 Å². The van der Waals surface area contributed by atoms with Crippen LogP contribution in [0.5, 0.6) is 0 Å². The molecule has 0 spiro atoms. The lowest BCUT2D eigenvalue weighted by molar-refractivity contribution is 0.557. The van der Waals surface area contributed by atoms with Crippen molar-refractivity contribution in [3.05, 3.63) is 34.9 Å². The van der Waals surface area contributed by atoms with E-state index >= 15 is 0 Å². The lowest BCUT2D eigenvalue weighted by atomic mass is 10.1. The second-order valence-electron chi connectivity index (χ2n) is 4.19. The average molecular weight is 232 g/mol. The topological polar surface area (TPSA) is 35.8 Å². The molecule has 1 unspecified atom stereocenters. The molecule has 1 heterocycles. The number of hydrogen-bond acceptors (Lipinski definition) is 3. The van der Waals surface area contributed by atoms with Crippen molar-refractivity contribution in [2.24, 2.45) is 0 Å². The van der Waals surface area contributed by atoms with Crippen LogP contribution in [-0.4, -0.2) is 17.5 Å². The maximum Gasteiger partial charge on any atom is 0.0991 e. The number of rotatable bonds is 3. The quantitative estimate of drug-likeness (QED) is 0.869. The fourth-order valence-electron chi connectivity index (χ4n) is 1.91. The van der Waals surface area contributed by atoms with Crippen LogP contribution in [0.4, 0.5) is 0 Å². The van der Waals surface area contributed by atoms with Gasteiger partial charge in [-0.3, -0.25) is 0 Å². The van der Waals surface area contributed by atoms with Gasteiger partial charge in [-0.05, 0) is 42.4 Å². The van der Waals surface area contributed by atoms with Crippen LogP contribution in [0.3, 0.4) is 0 Å². The molecule has 0 saturated carbocycles. The number of nitriles is 1. The summed E-state index contributed by atoms with van der Waals surface area (Å²) >= 11 is 2.02. The summed E-state index contributed by atoms with van der Waals surface area (Å²) in [6.07, 6.45) is 1.28. The van der Waals surface area contributed by atoms with Crippen LogP contribution in [0, 0.1) is 18.3 Å². The van der Waals surface area contributed by atoms with E-state index in [0.29, 0.717) is 6.04 Å². The van der Waals surface area contributed by atoms with Crippen LogP contribution in [0.25, 0.3) is 0 Å². The zero-order chi connectivity index (χ0) is 11.4. The lowest BCUT2D eigenvalue weighted by Crippen LogP contribution is -2.28. The van der Waals surface area contributed by atoms with Crippen molar-refractivity contribution in [2.75, 3.05) is 11.5 Å². The largest absolute Gasteiger partial charge is 0.309 e. The SMILES string of the molecule is Cc1cc(C#N)ccc1CNC1CCSC1. The normalized spacial score (nSPS) is 19.6. The fraction of sp³-hybridized carbons (Fsp3) is 0.462. The molecule has 0 radical (unpaired) electrons. The molecule has 2 nitrogen and oxygen atoms in total. The van der Waals surface area contributed by atoms with Crippen LogP contribution >= 0.6 is 11.8 Å². The Morgan fingerprint density at radius 3 is 3.06 bits per heavy atom. The second kappa shape index (κ2) is 5.38. The van der Waals surface area contributed by atoms with E-state index in [2.05, 4.69) is 24.4 Å². The van der Waals surface area contributed by atoms with Gasteiger partial charge >= 0.3 is 0 Å². The van der Waals surface area contributed by atoms with Gasteiger partial charge in [-0.2, -0.15) is 17.0 Å². The van der Waals surface area contributed by atoms with Crippen molar-refractivity contribution in [3.63, 3.8) is 0 Å². The molecule has 1 atom stereocenters. The molecular formula is C13H16N2S. The highest BCUT2D eigenvalue weighted by Gasteiger charge is 2.14. The third-order valence-electron chi connectivity index (χ3n) is 2.98. The molecule has 1 fully saturated rings. The summed E-state index contributed by atoms with van der Waals surface area (Å²) in [5.74, 6) is 2.51. The fourth-order valence-corrected chi connectivity index (χ4v) is 3.10. The zero-order valence-electron chi connectivity index (χ0n) is 9.49. The average Bonchev–Trinajstić information content (AvgIpc) is 2.80.